The van der Waals surface area contributed by atoms with Gasteiger partial charge in [-0.05, 0) is 48.6 Å². The molecule has 0 bridgehead atoms. The van der Waals surface area contributed by atoms with Crippen LogP contribution in [0.25, 0.3) is 11.1 Å². The summed E-state index contributed by atoms with van der Waals surface area (Å²) in [4.78, 5) is 12.2. The van der Waals surface area contributed by atoms with Crippen LogP contribution in [0.15, 0.2) is 65.1 Å². The van der Waals surface area contributed by atoms with E-state index in [1.54, 1.807) is 13.8 Å². The van der Waals surface area contributed by atoms with Gasteiger partial charge in [-0.2, -0.15) is 0 Å². The number of carbonyl (C=O) groups is 1. The second-order valence-electron chi connectivity index (χ2n) is 6.35. The average molecular weight is 344 g/mol. The molecular weight excluding hydrogens is 324 g/mol. The maximum atomic E-state index is 12.2. The van der Waals surface area contributed by atoms with E-state index in [0.717, 1.165) is 17.6 Å². The number of carbonyl (C=O) groups excluding carboxylic acids is 1. The van der Waals surface area contributed by atoms with Crippen LogP contribution < -0.4 is 0 Å². The third-order valence-electron chi connectivity index (χ3n) is 4.74. The van der Waals surface area contributed by atoms with Gasteiger partial charge < -0.3 is 9.15 Å². The van der Waals surface area contributed by atoms with E-state index in [1.165, 1.54) is 16.7 Å². The molecule has 0 N–H and O–H groups in total. The Bertz CT molecular complexity index is 993. The van der Waals surface area contributed by atoms with Crippen molar-refractivity contribution in [3.63, 3.8) is 0 Å². The van der Waals surface area contributed by atoms with E-state index in [0.29, 0.717) is 23.7 Å². The number of allylic oxidation sites excluding steroid dienone is 1. The lowest BCUT2D eigenvalue weighted by molar-refractivity contribution is 0.0524. The van der Waals surface area contributed by atoms with Crippen molar-refractivity contribution in [2.45, 2.75) is 20.3 Å². The van der Waals surface area contributed by atoms with Gasteiger partial charge in [-0.25, -0.2) is 4.79 Å². The number of aryl methyl sites for hydroxylation is 1. The van der Waals surface area contributed by atoms with E-state index in [1.807, 2.05) is 30.3 Å². The second-order valence-corrected chi connectivity index (χ2v) is 6.35. The van der Waals surface area contributed by atoms with Gasteiger partial charge in [0.25, 0.3) is 0 Å². The zero-order valence-electron chi connectivity index (χ0n) is 14.9. The minimum Gasteiger partial charge on any atom is -0.462 e. The van der Waals surface area contributed by atoms with Crippen LogP contribution in [0.1, 0.15) is 45.5 Å². The largest absolute Gasteiger partial charge is 0.462 e. The van der Waals surface area contributed by atoms with Crippen LogP contribution in [0.2, 0.25) is 0 Å². The number of esters is 1. The minimum absolute atomic E-state index is 0.340. The van der Waals surface area contributed by atoms with E-state index in [-0.39, 0.29) is 5.97 Å². The summed E-state index contributed by atoms with van der Waals surface area (Å²) < 4.78 is 11.2. The molecule has 1 heterocycles. The molecule has 2 aromatic carbocycles. The summed E-state index contributed by atoms with van der Waals surface area (Å²) in [5.74, 6) is 0.963. The molecule has 3 heteroatoms. The molecule has 0 unspecified atom stereocenters. The molecule has 0 radical (unpaired) electrons. The van der Waals surface area contributed by atoms with E-state index in [2.05, 4.69) is 30.3 Å². The molecule has 1 aliphatic rings. The molecule has 0 amide bonds. The van der Waals surface area contributed by atoms with Crippen LogP contribution in [0.4, 0.5) is 0 Å². The van der Waals surface area contributed by atoms with Gasteiger partial charge in [0.05, 0.1) is 6.61 Å². The van der Waals surface area contributed by atoms with Gasteiger partial charge >= 0.3 is 5.97 Å². The standard InChI is InChI=1S/C23H20O3/c1-3-25-23(24)19-14-21(26-15(19)2)22-18-12-8-7-11-17(18)13-20(22)16-9-5-4-6-10-16/h4-12,14H,3,13H2,1-2H3. The molecule has 1 aliphatic carbocycles. The molecule has 3 nitrogen and oxygen atoms in total. The number of furan rings is 1. The molecule has 4 rings (SSSR count). The molecule has 0 aliphatic heterocycles. The number of hydrogen-bond donors (Lipinski definition) is 0. The summed E-state index contributed by atoms with van der Waals surface area (Å²) in [5.41, 5.74) is 6.38. The van der Waals surface area contributed by atoms with Crippen LogP contribution in [-0.2, 0) is 11.2 Å². The molecule has 0 saturated carbocycles. The Hall–Kier alpha value is -3.07. The Morgan fingerprint density at radius 2 is 1.81 bits per heavy atom. The highest BCUT2D eigenvalue weighted by molar-refractivity contribution is 6.03. The van der Waals surface area contributed by atoms with Gasteiger partial charge in [-0.15, -0.1) is 0 Å². The molecule has 26 heavy (non-hydrogen) atoms. The molecule has 0 spiro atoms. The lowest BCUT2D eigenvalue weighted by Crippen LogP contribution is -2.04. The third kappa shape index (κ3) is 2.76. The van der Waals surface area contributed by atoms with E-state index in [4.69, 9.17) is 9.15 Å². The van der Waals surface area contributed by atoms with Crippen molar-refractivity contribution in [3.05, 3.63) is 94.4 Å². The van der Waals surface area contributed by atoms with Gasteiger partial charge in [-0.3, -0.25) is 0 Å². The third-order valence-corrected chi connectivity index (χ3v) is 4.74. The molecule has 3 aromatic rings. The zero-order valence-corrected chi connectivity index (χ0v) is 14.9. The number of ether oxygens (including phenoxy) is 1. The fourth-order valence-electron chi connectivity index (χ4n) is 3.54. The summed E-state index contributed by atoms with van der Waals surface area (Å²) >= 11 is 0. The van der Waals surface area contributed by atoms with Crippen LogP contribution in [0.3, 0.4) is 0 Å². The monoisotopic (exact) mass is 344 g/mol. The highest BCUT2D eigenvalue weighted by Crippen LogP contribution is 2.43. The Morgan fingerprint density at radius 3 is 2.58 bits per heavy atom. The van der Waals surface area contributed by atoms with Crippen LogP contribution in [0, 0.1) is 6.92 Å². The SMILES string of the molecule is CCOC(=O)c1cc(C2=C(c3ccccc3)Cc3ccccc32)oc1C. The molecule has 0 atom stereocenters. The zero-order chi connectivity index (χ0) is 18.1. The van der Waals surface area contributed by atoms with Gasteiger partial charge in [0.1, 0.15) is 17.1 Å². The Kier molecular flexibility index (Phi) is 4.21. The van der Waals surface area contributed by atoms with Gasteiger partial charge in [0.2, 0.25) is 0 Å². The summed E-state index contributed by atoms with van der Waals surface area (Å²) in [7, 11) is 0. The lowest BCUT2D eigenvalue weighted by Gasteiger charge is -2.06. The normalized spacial score (nSPS) is 13.0. The summed E-state index contributed by atoms with van der Waals surface area (Å²) in [5, 5.41) is 0. The maximum Gasteiger partial charge on any atom is 0.341 e. The topological polar surface area (TPSA) is 39.4 Å². The summed E-state index contributed by atoms with van der Waals surface area (Å²) in [6.07, 6.45) is 0.851. The number of fused-ring (bicyclic) bond motifs is 1. The van der Waals surface area contributed by atoms with E-state index in [9.17, 15) is 4.79 Å². The van der Waals surface area contributed by atoms with Crippen LogP contribution >= 0.6 is 0 Å². The number of rotatable bonds is 4. The van der Waals surface area contributed by atoms with Crippen molar-refractivity contribution in [2.24, 2.45) is 0 Å². The maximum absolute atomic E-state index is 12.2. The van der Waals surface area contributed by atoms with Crippen molar-refractivity contribution in [1.82, 2.24) is 0 Å². The van der Waals surface area contributed by atoms with Crippen LogP contribution in [0.5, 0.6) is 0 Å². The Morgan fingerprint density at radius 1 is 1.08 bits per heavy atom. The average Bonchev–Trinajstić information content (AvgIpc) is 3.23. The van der Waals surface area contributed by atoms with E-state index >= 15 is 0 Å². The number of benzene rings is 2. The first-order valence-electron chi connectivity index (χ1n) is 8.83. The smallest absolute Gasteiger partial charge is 0.341 e. The van der Waals surface area contributed by atoms with Crippen molar-refractivity contribution in [1.29, 1.82) is 0 Å². The number of hydrogen-bond acceptors (Lipinski definition) is 3. The van der Waals surface area contributed by atoms with Gasteiger partial charge in [0.15, 0.2) is 0 Å². The highest BCUT2D eigenvalue weighted by Gasteiger charge is 2.27. The first-order chi connectivity index (χ1) is 12.7. The predicted octanol–water partition coefficient (Wildman–Crippen LogP) is 5.28. The molecular formula is C23H20O3. The fraction of sp³-hybridized carbons (Fsp3) is 0.174. The van der Waals surface area contributed by atoms with Crippen molar-refractivity contribution >= 4 is 17.1 Å². The van der Waals surface area contributed by atoms with E-state index < -0.39 is 0 Å². The molecule has 130 valence electrons. The highest BCUT2D eigenvalue weighted by atomic mass is 16.5. The fourth-order valence-corrected chi connectivity index (χ4v) is 3.54. The molecule has 1 aromatic heterocycles. The van der Waals surface area contributed by atoms with Gasteiger partial charge in [-0.1, -0.05) is 54.6 Å². The molecule has 0 saturated heterocycles. The second kappa shape index (κ2) is 6.68. The van der Waals surface area contributed by atoms with Crippen molar-refractivity contribution < 1.29 is 13.9 Å². The van der Waals surface area contributed by atoms with Gasteiger partial charge in [0, 0.05) is 5.57 Å². The van der Waals surface area contributed by atoms with Crippen molar-refractivity contribution in [3.8, 4) is 0 Å². The minimum atomic E-state index is -0.340. The summed E-state index contributed by atoms with van der Waals surface area (Å²) in [6, 6.07) is 20.5. The predicted molar refractivity (Wildman–Crippen MR) is 102 cm³/mol. The van der Waals surface area contributed by atoms with Crippen LogP contribution in [-0.4, -0.2) is 12.6 Å². The quantitative estimate of drug-likeness (QED) is 0.605. The Balaban J connectivity index is 1.88. The first-order valence-corrected chi connectivity index (χ1v) is 8.83. The molecule has 0 fully saturated rings. The Labute approximate surface area is 152 Å². The summed E-state index contributed by atoms with van der Waals surface area (Å²) in [6.45, 7) is 3.95. The van der Waals surface area contributed by atoms with Crippen molar-refractivity contribution in [2.75, 3.05) is 6.61 Å². The first kappa shape index (κ1) is 16.4. The lowest BCUT2D eigenvalue weighted by atomic mass is 9.98.